The number of carbonyl (C=O) groups excluding carboxylic acids is 4. The average Bonchev–Trinajstić information content (AvgIpc) is 3.90. The van der Waals surface area contributed by atoms with E-state index in [-0.39, 0.29) is 36.5 Å². The molecule has 12 heteroatoms. The van der Waals surface area contributed by atoms with E-state index in [2.05, 4.69) is 20.6 Å². The molecule has 2 aromatic carbocycles. The topological polar surface area (TPSA) is 134 Å². The largest absolute Gasteiger partial charge is 0.340 e. The molecule has 0 spiro atoms. The number of hydrogen-bond acceptors (Lipinski definition) is 6. The number of imidazole rings is 2. The number of amides is 4. The van der Waals surface area contributed by atoms with E-state index in [1.54, 1.807) is 31.6 Å². The zero-order valence-electron chi connectivity index (χ0n) is 27.2. The number of benzene rings is 2. The number of likely N-dealkylation sites (tertiary alicyclic amines) is 2. The van der Waals surface area contributed by atoms with Crippen molar-refractivity contribution in [2.75, 3.05) is 23.7 Å². The standard InChI is InChI=1S/C36H40N8O4/c1-41-21-29(37-23-41)19-33(45)43-17-3-5-31(43)35(47)39-27-13-9-25(10-14-27)7-8-26-11-15-28(16-12-26)40-36(48)32-6-4-18-44(32)34(46)20-30-22-42(2)24-38-30/h7-16,21-24,31-32H,3-6,17-20H2,1-2H3,(H,39,47)(H,40,48)/b8-7+/t31-,32-/m0/s1. The van der Waals surface area contributed by atoms with Crippen molar-refractivity contribution in [1.29, 1.82) is 0 Å². The SMILES string of the molecule is Cn1cnc(CC(=O)N2CCC[C@H]2C(=O)Nc2ccc(/C=C/c3ccc(NC(=O)[C@@H]4CCCN4C(=O)Cc4cn(C)cn4)cc3)cc2)c1. The molecule has 6 rings (SSSR count). The normalized spacial score (nSPS) is 17.6. The second kappa shape index (κ2) is 14.5. The lowest BCUT2D eigenvalue weighted by atomic mass is 10.1. The highest BCUT2D eigenvalue weighted by molar-refractivity contribution is 5.98. The maximum atomic E-state index is 13.1. The van der Waals surface area contributed by atoms with Crippen LogP contribution in [0.1, 0.15) is 48.2 Å². The van der Waals surface area contributed by atoms with E-state index < -0.39 is 12.1 Å². The predicted molar refractivity (Wildman–Crippen MR) is 182 cm³/mol. The van der Waals surface area contributed by atoms with Crippen molar-refractivity contribution in [2.24, 2.45) is 14.1 Å². The van der Waals surface area contributed by atoms with E-state index in [1.807, 2.05) is 87.2 Å². The first-order valence-electron chi connectivity index (χ1n) is 16.2. The van der Waals surface area contributed by atoms with Gasteiger partial charge >= 0.3 is 0 Å². The summed E-state index contributed by atoms with van der Waals surface area (Å²) in [5.41, 5.74) is 4.63. The first-order valence-corrected chi connectivity index (χ1v) is 16.2. The second-order valence-corrected chi connectivity index (χ2v) is 12.5. The van der Waals surface area contributed by atoms with Crippen LogP contribution in [-0.4, -0.2) is 77.7 Å². The van der Waals surface area contributed by atoms with Crippen LogP contribution in [0.4, 0.5) is 11.4 Å². The number of carbonyl (C=O) groups is 4. The van der Waals surface area contributed by atoms with Crippen molar-refractivity contribution < 1.29 is 19.2 Å². The number of nitrogens with zero attached hydrogens (tertiary/aromatic N) is 6. The molecule has 0 unspecified atom stereocenters. The summed E-state index contributed by atoms with van der Waals surface area (Å²) in [7, 11) is 3.72. The van der Waals surface area contributed by atoms with Crippen molar-refractivity contribution in [3.05, 3.63) is 96.1 Å². The molecule has 2 aromatic heterocycles. The number of hydrogen-bond donors (Lipinski definition) is 2. The van der Waals surface area contributed by atoms with Gasteiger partial charge in [0.2, 0.25) is 23.6 Å². The van der Waals surface area contributed by atoms with Crippen LogP contribution in [0.2, 0.25) is 0 Å². The number of nitrogens with one attached hydrogen (secondary N) is 2. The Kier molecular flexibility index (Phi) is 9.79. The predicted octanol–water partition coefficient (Wildman–Crippen LogP) is 3.67. The van der Waals surface area contributed by atoms with Gasteiger partial charge in [-0.2, -0.15) is 0 Å². The fraction of sp³-hybridized carbons (Fsp3) is 0.333. The van der Waals surface area contributed by atoms with Crippen LogP contribution in [0, 0.1) is 0 Å². The second-order valence-electron chi connectivity index (χ2n) is 12.5. The highest BCUT2D eigenvalue weighted by Crippen LogP contribution is 2.23. The molecule has 4 amide bonds. The first-order chi connectivity index (χ1) is 23.2. The van der Waals surface area contributed by atoms with Gasteiger partial charge in [0.05, 0.1) is 36.9 Å². The molecule has 4 heterocycles. The molecule has 0 radical (unpaired) electrons. The zero-order valence-corrected chi connectivity index (χ0v) is 27.2. The van der Waals surface area contributed by atoms with Crippen LogP contribution < -0.4 is 10.6 Å². The maximum Gasteiger partial charge on any atom is 0.247 e. The molecular weight excluding hydrogens is 608 g/mol. The van der Waals surface area contributed by atoms with Crippen molar-refractivity contribution >= 4 is 47.2 Å². The highest BCUT2D eigenvalue weighted by Gasteiger charge is 2.35. The third kappa shape index (κ3) is 7.88. The third-order valence-electron chi connectivity index (χ3n) is 8.76. The van der Waals surface area contributed by atoms with Crippen LogP contribution >= 0.6 is 0 Å². The van der Waals surface area contributed by atoms with Crippen LogP contribution in [0.5, 0.6) is 0 Å². The lowest BCUT2D eigenvalue weighted by molar-refractivity contribution is -0.136. The highest BCUT2D eigenvalue weighted by atomic mass is 16.2. The number of aryl methyl sites for hydroxylation is 2. The lowest BCUT2D eigenvalue weighted by Gasteiger charge is -2.23. The molecule has 2 aliphatic heterocycles. The Balaban J connectivity index is 0.984. The molecule has 2 fully saturated rings. The minimum atomic E-state index is -0.495. The zero-order chi connectivity index (χ0) is 33.6. The summed E-state index contributed by atoms with van der Waals surface area (Å²) >= 11 is 0. The molecule has 0 aliphatic carbocycles. The van der Waals surface area contributed by atoms with Crippen molar-refractivity contribution in [3.63, 3.8) is 0 Å². The maximum absolute atomic E-state index is 13.1. The summed E-state index contributed by atoms with van der Waals surface area (Å²) in [6, 6.07) is 14.1. The monoisotopic (exact) mass is 648 g/mol. The van der Waals surface area contributed by atoms with E-state index in [1.165, 1.54) is 0 Å². The van der Waals surface area contributed by atoms with Crippen molar-refractivity contribution in [3.8, 4) is 0 Å². The van der Waals surface area contributed by atoms with Gasteiger partial charge < -0.3 is 29.6 Å². The van der Waals surface area contributed by atoms with Crippen LogP contribution in [0.25, 0.3) is 12.2 Å². The fourth-order valence-electron chi connectivity index (χ4n) is 6.30. The van der Waals surface area contributed by atoms with Gasteiger partial charge in [-0.15, -0.1) is 0 Å². The molecule has 248 valence electrons. The molecule has 2 aliphatic rings. The van der Waals surface area contributed by atoms with E-state index in [9.17, 15) is 19.2 Å². The molecule has 2 N–H and O–H groups in total. The van der Waals surface area contributed by atoms with Crippen LogP contribution in [0.15, 0.2) is 73.6 Å². The van der Waals surface area contributed by atoms with Crippen molar-refractivity contribution in [1.82, 2.24) is 28.9 Å². The van der Waals surface area contributed by atoms with Gasteiger partial charge in [0.1, 0.15) is 12.1 Å². The van der Waals surface area contributed by atoms with Crippen LogP contribution in [-0.2, 0) is 46.1 Å². The van der Waals surface area contributed by atoms with Gasteiger partial charge in [-0.3, -0.25) is 19.2 Å². The fourth-order valence-corrected chi connectivity index (χ4v) is 6.30. The molecular formula is C36H40N8O4. The average molecular weight is 649 g/mol. The Labute approximate surface area is 279 Å². The summed E-state index contributed by atoms with van der Waals surface area (Å²) in [5.74, 6) is -0.554. The number of anilines is 2. The molecule has 2 saturated heterocycles. The number of rotatable bonds is 10. The number of aromatic nitrogens is 4. The van der Waals surface area contributed by atoms with Gasteiger partial charge in [0.25, 0.3) is 0 Å². The Bertz CT molecular complexity index is 1680. The van der Waals surface area contributed by atoms with Gasteiger partial charge in [-0.25, -0.2) is 9.97 Å². The minimum Gasteiger partial charge on any atom is -0.340 e. The Morgan fingerprint density at radius 2 is 1.06 bits per heavy atom. The summed E-state index contributed by atoms with van der Waals surface area (Å²) in [5, 5.41) is 5.93. The minimum absolute atomic E-state index is 0.0910. The molecule has 48 heavy (non-hydrogen) atoms. The molecule has 2 atom stereocenters. The van der Waals surface area contributed by atoms with E-state index in [4.69, 9.17) is 0 Å². The lowest BCUT2D eigenvalue weighted by Crippen LogP contribution is -2.43. The van der Waals surface area contributed by atoms with Gasteiger partial charge in [-0.05, 0) is 61.1 Å². The van der Waals surface area contributed by atoms with Gasteiger partial charge in [-0.1, -0.05) is 36.4 Å². The van der Waals surface area contributed by atoms with Gasteiger partial charge in [0, 0.05) is 51.0 Å². The smallest absolute Gasteiger partial charge is 0.247 e. The molecule has 12 nitrogen and oxygen atoms in total. The summed E-state index contributed by atoms with van der Waals surface area (Å²) in [6.45, 7) is 1.13. The van der Waals surface area contributed by atoms with Gasteiger partial charge in [0.15, 0.2) is 0 Å². The summed E-state index contributed by atoms with van der Waals surface area (Å²) in [6.07, 6.45) is 14.1. The molecule has 0 saturated carbocycles. The summed E-state index contributed by atoms with van der Waals surface area (Å²) < 4.78 is 3.60. The quantitative estimate of drug-likeness (QED) is 0.252. The van der Waals surface area contributed by atoms with E-state index in [0.29, 0.717) is 48.7 Å². The first kappa shape index (κ1) is 32.4. The van der Waals surface area contributed by atoms with Crippen LogP contribution in [0.3, 0.4) is 0 Å². The Hall–Kier alpha value is -5.52. The Morgan fingerprint density at radius 3 is 1.42 bits per heavy atom. The Morgan fingerprint density at radius 1 is 0.667 bits per heavy atom. The molecule has 4 aromatic rings. The van der Waals surface area contributed by atoms with E-state index in [0.717, 1.165) is 24.0 Å². The molecule has 0 bridgehead atoms. The van der Waals surface area contributed by atoms with E-state index >= 15 is 0 Å². The van der Waals surface area contributed by atoms with Crippen molar-refractivity contribution in [2.45, 2.75) is 50.6 Å². The third-order valence-corrected chi connectivity index (χ3v) is 8.76. The summed E-state index contributed by atoms with van der Waals surface area (Å²) in [4.78, 5) is 63.7.